The molecule has 18 heavy (non-hydrogen) atoms. The Kier molecular flexibility index (Phi) is 4.35. The van der Waals surface area contributed by atoms with E-state index in [1.54, 1.807) is 12.3 Å². The van der Waals surface area contributed by atoms with Crippen LogP contribution >= 0.6 is 15.9 Å². The Hall–Kier alpha value is -0.940. The lowest BCUT2D eigenvalue weighted by atomic mass is 9.99. The van der Waals surface area contributed by atoms with Crippen LogP contribution in [0.4, 0.5) is 0 Å². The summed E-state index contributed by atoms with van der Waals surface area (Å²) in [5, 5.41) is 3.06. The van der Waals surface area contributed by atoms with E-state index >= 15 is 0 Å². The minimum atomic E-state index is -0.0794. The first-order chi connectivity index (χ1) is 8.56. The van der Waals surface area contributed by atoms with Gasteiger partial charge in [-0.05, 0) is 54.9 Å². The molecule has 0 aliphatic carbocycles. The molecule has 1 fully saturated rings. The maximum atomic E-state index is 12.0. The van der Waals surface area contributed by atoms with Gasteiger partial charge >= 0.3 is 0 Å². The van der Waals surface area contributed by atoms with Crippen molar-refractivity contribution in [2.45, 2.75) is 31.8 Å². The van der Waals surface area contributed by atoms with Crippen LogP contribution in [0.5, 0.6) is 0 Å². The monoisotopic (exact) mass is 311 g/mol. The predicted octanol–water partition coefficient (Wildman–Crippen LogP) is 2.06. The predicted molar refractivity (Wildman–Crippen MR) is 74.5 cm³/mol. The quantitative estimate of drug-likeness (QED) is 0.909. The molecule has 2 heterocycles. The number of piperidine rings is 1. The Morgan fingerprint density at radius 2 is 2.33 bits per heavy atom. The third-order valence-electron chi connectivity index (χ3n) is 3.50. The number of aromatic nitrogens is 1. The first-order valence-electron chi connectivity index (χ1n) is 6.19. The number of carbonyl (C=O) groups is 1. The second-order valence-corrected chi connectivity index (χ2v) is 5.80. The van der Waals surface area contributed by atoms with E-state index in [1.165, 1.54) is 0 Å². The van der Waals surface area contributed by atoms with Crippen molar-refractivity contribution in [3.8, 4) is 0 Å². The molecule has 2 unspecified atom stereocenters. The molecule has 1 aromatic rings. The summed E-state index contributed by atoms with van der Waals surface area (Å²) in [7, 11) is 2.12. The van der Waals surface area contributed by atoms with E-state index in [9.17, 15) is 4.79 Å². The molecule has 4 nitrogen and oxygen atoms in total. The summed E-state index contributed by atoms with van der Waals surface area (Å²) in [4.78, 5) is 18.4. The van der Waals surface area contributed by atoms with Crippen molar-refractivity contribution in [3.05, 3.63) is 28.5 Å². The maximum absolute atomic E-state index is 12.0. The zero-order valence-corrected chi connectivity index (χ0v) is 12.3. The van der Waals surface area contributed by atoms with Gasteiger partial charge < -0.3 is 10.2 Å². The minimum absolute atomic E-state index is 0.0794. The van der Waals surface area contributed by atoms with Crippen LogP contribution in [0.1, 0.15) is 30.3 Å². The smallest absolute Gasteiger partial charge is 0.270 e. The van der Waals surface area contributed by atoms with Gasteiger partial charge in [0.25, 0.3) is 5.91 Å². The fourth-order valence-corrected chi connectivity index (χ4v) is 2.42. The molecule has 1 saturated heterocycles. The zero-order valence-electron chi connectivity index (χ0n) is 10.7. The number of rotatable bonds is 2. The van der Waals surface area contributed by atoms with Gasteiger partial charge in [-0.1, -0.05) is 0 Å². The summed E-state index contributed by atoms with van der Waals surface area (Å²) in [6, 6.07) is 4.34. The molecule has 1 aromatic heterocycles. The van der Waals surface area contributed by atoms with Gasteiger partial charge in [0.05, 0.1) is 0 Å². The average Bonchev–Trinajstić information content (AvgIpc) is 2.34. The highest BCUT2D eigenvalue weighted by Gasteiger charge is 2.24. The zero-order chi connectivity index (χ0) is 13.1. The van der Waals surface area contributed by atoms with Gasteiger partial charge in [-0.15, -0.1) is 0 Å². The van der Waals surface area contributed by atoms with E-state index in [0.717, 1.165) is 23.9 Å². The van der Waals surface area contributed by atoms with Gasteiger partial charge in [-0.25, -0.2) is 4.98 Å². The second-order valence-electron chi connectivity index (χ2n) is 4.89. The number of pyridine rings is 1. The van der Waals surface area contributed by atoms with E-state index < -0.39 is 0 Å². The molecule has 0 aromatic carbocycles. The molecule has 0 saturated carbocycles. The van der Waals surface area contributed by atoms with E-state index in [0.29, 0.717) is 11.7 Å². The molecule has 2 atom stereocenters. The van der Waals surface area contributed by atoms with Gasteiger partial charge in [0.2, 0.25) is 0 Å². The van der Waals surface area contributed by atoms with Crippen LogP contribution in [0.25, 0.3) is 0 Å². The number of likely N-dealkylation sites (tertiary alicyclic amines) is 1. The second kappa shape index (κ2) is 5.80. The third-order valence-corrected chi connectivity index (χ3v) is 3.97. The minimum Gasteiger partial charge on any atom is -0.348 e. The number of halogens is 1. The number of amides is 1. The molecule has 0 bridgehead atoms. The first-order valence-corrected chi connectivity index (χ1v) is 6.98. The van der Waals surface area contributed by atoms with Crippen molar-refractivity contribution in [1.29, 1.82) is 0 Å². The van der Waals surface area contributed by atoms with Crippen LogP contribution in [0.15, 0.2) is 22.8 Å². The average molecular weight is 312 g/mol. The van der Waals surface area contributed by atoms with Gasteiger partial charge in [0.15, 0.2) is 0 Å². The van der Waals surface area contributed by atoms with E-state index in [-0.39, 0.29) is 11.9 Å². The number of hydrogen-bond acceptors (Lipinski definition) is 3. The largest absolute Gasteiger partial charge is 0.348 e. The van der Waals surface area contributed by atoms with Gasteiger partial charge in [0.1, 0.15) is 5.69 Å². The van der Waals surface area contributed by atoms with Crippen molar-refractivity contribution in [2.24, 2.45) is 0 Å². The highest BCUT2D eigenvalue weighted by Crippen LogP contribution is 2.16. The topological polar surface area (TPSA) is 45.2 Å². The van der Waals surface area contributed by atoms with Crippen molar-refractivity contribution in [2.75, 3.05) is 13.6 Å². The summed E-state index contributed by atoms with van der Waals surface area (Å²) in [5.74, 6) is -0.0794. The Bertz CT molecular complexity index is 421. The molecule has 1 aliphatic heterocycles. The van der Waals surface area contributed by atoms with Crippen LogP contribution in [-0.2, 0) is 0 Å². The third kappa shape index (κ3) is 3.29. The van der Waals surface area contributed by atoms with Crippen molar-refractivity contribution >= 4 is 21.8 Å². The lowest BCUT2D eigenvalue weighted by Gasteiger charge is -2.35. The summed E-state index contributed by atoms with van der Waals surface area (Å²) in [6.07, 6.45) is 3.65. The standard InChI is InChI=1S/C13H18BrN3O/c1-9-7-11(5-6-17(9)2)16-13(18)12-4-3-10(14)8-15-12/h3-4,8-9,11H,5-7H2,1-2H3,(H,16,18). The number of nitrogens with one attached hydrogen (secondary N) is 1. The van der Waals surface area contributed by atoms with Gasteiger partial charge in [-0.3, -0.25) is 4.79 Å². The Morgan fingerprint density at radius 3 is 2.94 bits per heavy atom. The normalized spacial score (nSPS) is 24.8. The number of nitrogens with zero attached hydrogens (tertiary/aromatic N) is 2. The Balaban J connectivity index is 1.93. The lowest BCUT2D eigenvalue weighted by Crippen LogP contribution is -2.47. The molecular formula is C13H18BrN3O. The fourth-order valence-electron chi connectivity index (χ4n) is 2.19. The molecule has 0 spiro atoms. The van der Waals surface area contributed by atoms with E-state index in [4.69, 9.17) is 0 Å². The Labute approximate surface area is 116 Å². The Morgan fingerprint density at radius 1 is 1.56 bits per heavy atom. The molecular weight excluding hydrogens is 294 g/mol. The maximum Gasteiger partial charge on any atom is 0.270 e. The molecule has 5 heteroatoms. The summed E-state index contributed by atoms with van der Waals surface area (Å²) < 4.78 is 0.881. The fraction of sp³-hybridized carbons (Fsp3) is 0.538. The SMILES string of the molecule is CC1CC(NC(=O)c2ccc(Br)cn2)CCN1C. The highest BCUT2D eigenvalue weighted by molar-refractivity contribution is 9.10. The van der Waals surface area contributed by atoms with Gasteiger partial charge in [0, 0.05) is 29.3 Å². The van der Waals surface area contributed by atoms with Crippen LogP contribution in [0, 0.1) is 0 Å². The van der Waals surface area contributed by atoms with Gasteiger partial charge in [-0.2, -0.15) is 0 Å². The molecule has 1 N–H and O–H groups in total. The highest BCUT2D eigenvalue weighted by atomic mass is 79.9. The van der Waals surface area contributed by atoms with Crippen molar-refractivity contribution in [1.82, 2.24) is 15.2 Å². The van der Waals surface area contributed by atoms with Crippen LogP contribution in [0.3, 0.4) is 0 Å². The summed E-state index contributed by atoms with van der Waals surface area (Å²) in [6.45, 7) is 3.22. The number of hydrogen-bond donors (Lipinski definition) is 1. The van der Waals surface area contributed by atoms with Crippen molar-refractivity contribution < 1.29 is 4.79 Å². The van der Waals surface area contributed by atoms with Crippen LogP contribution < -0.4 is 5.32 Å². The molecule has 0 radical (unpaired) electrons. The molecule has 2 rings (SSSR count). The molecule has 1 amide bonds. The van der Waals surface area contributed by atoms with Crippen LogP contribution in [-0.4, -0.2) is 41.5 Å². The van der Waals surface area contributed by atoms with Crippen LogP contribution in [0.2, 0.25) is 0 Å². The summed E-state index contributed by atoms with van der Waals surface area (Å²) in [5.41, 5.74) is 0.477. The van der Waals surface area contributed by atoms with Crippen molar-refractivity contribution in [3.63, 3.8) is 0 Å². The summed E-state index contributed by atoms with van der Waals surface area (Å²) >= 11 is 3.31. The number of carbonyl (C=O) groups excluding carboxylic acids is 1. The molecule has 98 valence electrons. The first kappa shape index (κ1) is 13.5. The van der Waals surface area contributed by atoms with E-state index in [1.807, 2.05) is 6.07 Å². The van der Waals surface area contributed by atoms with E-state index in [2.05, 4.69) is 45.1 Å². The molecule has 1 aliphatic rings. The lowest BCUT2D eigenvalue weighted by molar-refractivity contribution is 0.0891.